The van der Waals surface area contributed by atoms with Gasteiger partial charge in [-0.2, -0.15) is 5.26 Å². The Hall–Kier alpha value is -3.31. The van der Waals surface area contributed by atoms with Crippen molar-refractivity contribution in [2.24, 2.45) is 0 Å². The van der Waals surface area contributed by atoms with Crippen molar-refractivity contribution in [2.45, 2.75) is 6.17 Å². The summed E-state index contributed by atoms with van der Waals surface area (Å²) in [5, 5.41) is 23.2. The van der Waals surface area contributed by atoms with Crippen molar-refractivity contribution in [3.8, 4) is 6.07 Å². The zero-order valence-electron chi connectivity index (χ0n) is 12.8. The Morgan fingerprint density at radius 2 is 1.92 bits per heavy atom. The van der Waals surface area contributed by atoms with Gasteiger partial charge < -0.3 is 10.2 Å². The molecule has 0 aromatic heterocycles. The normalized spacial score (nSPS) is 17.0. The maximum absolute atomic E-state index is 12.2. The molecule has 0 unspecified atom stereocenters. The van der Waals surface area contributed by atoms with E-state index in [9.17, 15) is 20.2 Å². The van der Waals surface area contributed by atoms with Crippen molar-refractivity contribution in [2.75, 3.05) is 4.90 Å². The third-order valence-electron chi connectivity index (χ3n) is 3.75. The fourth-order valence-corrected chi connectivity index (χ4v) is 2.99. The average Bonchev–Trinajstić information content (AvgIpc) is 2.62. The van der Waals surface area contributed by atoms with Crippen molar-refractivity contribution in [1.82, 2.24) is 5.32 Å². The van der Waals surface area contributed by atoms with Gasteiger partial charge in [-0.3, -0.25) is 14.9 Å². The molecule has 1 aliphatic rings. The van der Waals surface area contributed by atoms with Crippen LogP contribution in [0.2, 0.25) is 0 Å². The monoisotopic (exact) mass is 352 g/mol. The van der Waals surface area contributed by atoms with Gasteiger partial charge >= 0.3 is 0 Å². The molecule has 2 aromatic rings. The Labute approximate surface area is 148 Å². The van der Waals surface area contributed by atoms with Crippen molar-refractivity contribution >= 4 is 29.9 Å². The van der Waals surface area contributed by atoms with Gasteiger partial charge in [0.25, 0.3) is 11.6 Å². The summed E-state index contributed by atoms with van der Waals surface area (Å²) < 4.78 is 0. The number of amides is 1. The summed E-state index contributed by atoms with van der Waals surface area (Å²) >= 11 is 4.37. The molecule has 25 heavy (non-hydrogen) atoms. The maximum Gasteiger partial charge on any atom is 0.269 e. The number of nitrogens with zero attached hydrogens (tertiary/aromatic N) is 3. The molecule has 0 saturated heterocycles. The van der Waals surface area contributed by atoms with Gasteiger partial charge in [0.15, 0.2) is 0 Å². The summed E-state index contributed by atoms with van der Waals surface area (Å²) in [6.45, 7) is 0. The van der Waals surface area contributed by atoms with E-state index in [4.69, 9.17) is 0 Å². The van der Waals surface area contributed by atoms with Crippen LogP contribution in [0.15, 0.2) is 65.2 Å². The van der Waals surface area contributed by atoms with Crippen molar-refractivity contribution in [3.63, 3.8) is 0 Å². The lowest BCUT2D eigenvalue weighted by molar-refractivity contribution is -0.384. The first-order chi connectivity index (χ1) is 12.0. The van der Waals surface area contributed by atoms with E-state index in [1.54, 1.807) is 29.2 Å². The van der Waals surface area contributed by atoms with Crippen molar-refractivity contribution in [1.29, 1.82) is 5.26 Å². The lowest BCUT2D eigenvalue weighted by Gasteiger charge is -2.37. The molecule has 124 valence electrons. The smallest absolute Gasteiger partial charge is 0.269 e. The van der Waals surface area contributed by atoms with E-state index in [1.807, 2.05) is 24.3 Å². The van der Waals surface area contributed by atoms with E-state index in [-0.39, 0.29) is 16.3 Å². The second-order valence-electron chi connectivity index (χ2n) is 5.24. The fourth-order valence-electron chi connectivity index (χ4n) is 2.61. The number of nitriles is 1. The van der Waals surface area contributed by atoms with Crippen LogP contribution in [0.3, 0.4) is 0 Å². The number of nitro benzene ring substituents is 1. The highest BCUT2D eigenvalue weighted by Crippen LogP contribution is 2.36. The van der Waals surface area contributed by atoms with Crippen LogP contribution in [0.1, 0.15) is 11.7 Å². The van der Waals surface area contributed by atoms with E-state index in [0.29, 0.717) is 11.3 Å². The minimum Gasteiger partial charge on any atom is -0.327 e. The molecule has 0 spiro atoms. The first-order valence-electron chi connectivity index (χ1n) is 7.25. The zero-order chi connectivity index (χ0) is 18.0. The number of rotatable bonds is 3. The van der Waals surface area contributed by atoms with Crippen molar-refractivity contribution in [3.05, 3.63) is 80.9 Å². The first-order valence-corrected chi connectivity index (χ1v) is 7.70. The van der Waals surface area contributed by atoms with E-state index < -0.39 is 17.0 Å². The number of non-ortho nitro benzene ring substituents is 1. The molecule has 0 fully saturated rings. The number of benzene rings is 2. The molecule has 2 aromatic carbocycles. The molecule has 1 aliphatic heterocycles. The summed E-state index contributed by atoms with van der Waals surface area (Å²) in [6, 6.07) is 16.9. The number of nitro groups is 1. The SMILES string of the molecule is N#CC1=C(S)N(c2ccccc2)[C@@H](c2cccc([N+](=O)[O-])c2)NC1=O. The van der Waals surface area contributed by atoms with Crippen LogP contribution in [0.25, 0.3) is 0 Å². The van der Waals surface area contributed by atoms with Gasteiger partial charge in [-0.05, 0) is 12.1 Å². The highest BCUT2D eigenvalue weighted by molar-refractivity contribution is 7.84. The number of nitrogens with one attached hydrogen (secondary N) is 1. The average molecular weight is 352 g/mol. The van der Waals surface area contributed by atoms with Gasteiger partial charge in [0, 0.05) is 23.4 Å². The summed E-state index contributed by atoms with van der Waals surface area (Å²) in [5.41, 5.74) is 0.996. The Morgan fingerprint density at radius 3 is 2.56 bits per heavy atom. The molecule has 7 nitrogen and oxygen atoms in total. The molecule has 1 N–H and O–H groups in total. The van der Waals surface area contributed by atoms with Gasteiger partial charge in [0.2, 0.25) is 0 Å². The van der Waals surface area contributed by atoms with E-state index in [2.05, 4.69) is 17.9 Å². The standard InChI is InChI=1S/C17H12N4O3S/c18-10-14-16(22)19-15(11-5-4-8-13(9-11)21(23)24)20(17(14)25)12-6-2-1-3-7-12/h1-9,15,25H,(H,19,22)/t15-/m0/s1. The predicted molar refractivity (Wildman–Crippen MR) is 94.5 cm³/mol. The first kappa shape index (κ1) is 16.5. The molecule has 1 amide bonds. The highest BCUT2D eigenvalue weighted by Gasteiger charge is 2.34. The van der Waals surface area contributed by atoms with Crippen molar-refractivity contribution < 1.29 is 9.72 Å². The second-order valence-corrected chi connectivity index (χ2v) is 5.67. The fraction of sp³-hybridized carbons (Fsp3) is 0.0588. The van der Waals surface area contributed by atoms with Gasteiger partial charge in [0.1, 0.15) is 17.8 Å². The molecule has 0 radical (unpaired) electrons. The molecule has 1 atom stereocenters. The molecule has 0 saturated carbocycles. The molecule has 0 aliphatic carbocycles. The molecule has 0 bridgehead atoms. The Morgan fingerprint density at radius 1 is 1.20 bits per heavy atom. The van der Waals surface area contributed by atoms with Crippen LogP contribution in [0, 0.1) is 21.4 Å². The van der Waals surface area contributed by atoms with Crippen LogP contribution in [-0.2, 0) is 4.79 Å². The Kier molecular flexibility index (Phi) is 4.41. The third-order valence-corrected chi connectivity index (χ3v) is 4.19. The minimum absolute atomic E-state index is 0.0875. The van der Waals surface area contributed by atoms with Crippen LogP contribution in [-0.4, -0.2) is 10.8 Å². The predicted octanol–water partition coefficient (Wildman–Crippen LogP) is 2.89. The van der Waals surface area contributed by atoms with Gasteiger partial charge in [-0.1, -0.05) is 30.3 Å². The van der Waals surface area contributed by atoms with Crippen LogP contribution < -0.4 is 10.2 Å². The number of carbonyl (C=O) groups is 1. The molecule has 3 rings (SSSR count). The number of hydrogen-bond acceptors (Lipinski definition) is 6. The summed E-state index contributed by atoms with van der Waals surface area (Å²) in [5.74, 6) is -0.573. The van der Waals surface area contributed by atoms with E-state index in [1.165, 1.54) is 12.1 Å². The largest absolute Gasteiger partial charge is 0.327 e. The third kappa shape index (κ3) is 3.05. The van der Waals surface area contributed by atoms with Gasteiger partial charge in [-0.15, -0.1) is 12.6 Å². The Bertz CT molecular complexity index is 921. The summed E-state index contributed by atoms with van der Waals surface area (Å²) in [7, 11) is 0. The minimum atomic E-state index is -0.723. The number of anilines is 1. The number of carbonyl (C=O) groups excluding carboxylic acids is 1. The summed E-state index contributed by atoms with van der Waals surface area (Å²) in [4.78, 5) is 24.4. The van der Waals surface area contributed by atoms with Crippen LogP contribution in [0.5, 0.6) is 0 Å². The van der Waals surface area contributed by atoms with Crippen LogP contribution >= 0.6 is 12.6 Å². The van der Waals surface area contributed by atoms with Gasteiger partial charge in [-0.25, -0.2) is 0 Å². The molecule has 1 heterocycles. The maximum atomic E-state index is 12.2. The topological polar surface area (TPSA) is 99.3 Å². The number of hydrogen-bond donors (Lipinski definition) is 2. The zero-order valence-corrected chi connectivity index (χ0v) is 13.7. The quantitative estimate of drug-likeness (QED) is 0.503. The highest BCUT2D eigenvalue weighted by atomic mass is 32.1. The molecular formula is C17H12N4O3S. The van der Waals surface area contributed by atoms with Crippen LogP contribution in [0.4, 0.5) is 11.4 Å². The summed E-state index contributed by atoms with van der Waals surface area (Å²) in [6.07, 6.45) is -0.723. The number of para-hydroxylation sites is 1. The van der Waals surface area contributed by atoms with Gasteiger partial charge in [0.05, 0.1) is 9.95 Å². The van der Waals surface area contributed by atoms with E-state index in [0.717, 1.165) is 0 Å². The molecule has 8 heteroatoms. The number of thiol groups is 1. The lowest BCUT2D eigenvalue weighted by Crippen LogP contribution is -2.46. The molecular weight excluding hydrogens is 340 g/mol. The Balaban J connectivity index is 2.16. The second kappa shape index (κ2) is 6.67. The lowest BCUT2D eigenvalue weighted by atomic mass is 10.1. The van der Waals surface area contributed by atoms with E-state index >= 15 is 0 Å².